The van der Waals surface area contributed by atoms with Crippen molar-refractivity contribution < 1.29 is 8.42 Å². The first-order valence-corrected chi connectivity index (χ1v) is 7.91. The Hall–Kier alpha value is -0.400. The van der Waals surface area contributed by atoms with Crippen LogP contribution in [0.25, 0.3) is 0 Å². The summed E-state index contributed by atoms with van der Waals surface area (Å²) in [5.41, 5.74) is 0. The van der Waals surface area contributed by atoms with Crippen LogP contribution in [0, 0.1) is 0 Å². The van der Waals surface area contributed by atoms with E-state index < -0.39 is 10.0 Å². The molecule has 86 valence electrons. The van der Waals surface area contributed by atoms with E-state index in [0.29, 0.717) is 8.55 Å². The number of rotatable bonds is 4. The summed E-state index contributed by atoms with van der Waals surface area (Å²) in [6.07, 6.45) is 0. The summed E-state index contributed by atoms with van der Waals surface area (Å²) in [4.78, 5) is 0.894. The standard InChI is InChI=1S/C9H8ClNO2S3/c10-8-4-3-7(15-8)6-11-16(12,13)9-2-1-5-14-9/h1-5,11H,6H2. The predicted molar refractivity (Wildman–Crippen MR) is 67.7 cm³/mol. The lowest BCUT2D eigenvalue weighted by Crippen LogP contribution is -2.21. The largest absolute Gasteiger partial charge is 0.250 e. The van der Waals surface area contributed by atoms with Gasteiger partial charge < -0.3 is 0 Å². The Bertz CT molecular complexity index is 559. The molecule has 2 aromatic rings. The Labute approximate surface area is 107 Å². The SMILES string of the molecule is O=S(=O)(NCc1ccc(Cl)s1)c1cccs1. The molecule has 2 aromatic heterocycles. The van der Waals surface area contributed by atoms with Crippen LogP contribution >= 0.6 is 34.3 Å². The van der Waals surface area contributed by atoms with E-state index in [2.05, 4.69) is 4.72 Å². The average Bonchev–Trinajstić information content (AvgIpc) is 2.85. The first kappa shape index (κ1) is 12.1. The van der Waals surface area contributed by atoms with Crippen molar-refractivity contribution in [3.63, 3.8) is 0 Å². The van der Waals surface area contributed by atoms with Gasteiger partial charge in [0, 0.05) is 11.4 Å². The number of nitrogens with one attached hydrogen (secondary N) is 1. The molecule has 0 saturated carbocycles. The molecule has 16 heavy (non-hydrogen) atoms. The fraction of sp³-hybridized carbons (Fsp3) is 0.111. The third-order valence-electron chi connectivity index (χ3n) is 1.83. The fourth-order valence-corrected chi connectivity index (χ4v) is 4.26. The van der Waals surface area contributed by atoms with Gasteiger partial charge >= 0.3 is 0 Å². The van der Waals surface area contributed by atoms with Crippen molar-refractivity contribution in [3.05, 3.63) is 38.9 Å². The van der Waals surface area contributed by atoms with Crippen LogP contribution in [0.1, 0.15) is 4.88 Å². The van der Waals surface area contributed by atoms with Gasteiger partial charge in [0.15, 0.2) is 0 Å². The van der Waals surface area contributed by atoms with E-state index in [1.807, 2.05) is 6.07 Å². The van der Waals surface area contributed by atoms with Crippen LogP contribution in [0.2, 0.25) is 4.34 Å². The molecule has 0 aliphatic heterocycles. The lowest BCUT2D eigenvalue weighted by Gasteiger charge is -2.02. The van der Waals surface area contributed by atoms with Crippen LogP contribution in [0.5, 0.6) is 0 Å². The topological polar surface area (TPSA) is 46.2 Å². The Balaban J connectivity index is 2.06. The van der Waals surface area contributed by atoms with Crippen molar-refractivity contribution in [1.82, 2.24) is 4.72 Å². The molecular weight excluding hydrogens is 286 g/mol. The second-order valence-corrected chi connectivity index (χ2v) is 7.70. The van der Waals surface area contributed by atoms with Gasteiger partial charge in [-0.25, -0.2) is 13.1 Å². The lowest BCUT2D eigenvalue weighted by molar-refractivity contribution is 0.584. The highest BCUT2D eigenvalue weighted by Crippen LogP contribution is 2.22. The molecule has 0 aromatic carbocycles. The van der Waals surface area contributed by atoms with Gasteiger partial charge in [-0.05, 0) is 23.6 Å². The Morgan fingerprint density at radius 1 is 1.31 bits per heavy atom. The first-order chi connectivity index (χ1) is 7.58. The highest BCUT2D eigenvalue weighted by Gasteiger charge is 2.14. The zero-order chi connectivity index (χ0) is 11.6. The second kappa shape index (κ2) is 4.85. The van der Waals surface area contributed by atoms with Crippen molar-refractivity contribution >= 4 is 44.3 Å². The fourth-order valence-electron chi connectivity index (χ4n) is 1.10. The van der Waals surface area contributed by atoms with E-state index in [1.165, 1.54) is 22.7 Å². The molecule has 0 bridgehead atoms. The normalized spacial score (nSPS) is 11.8. The highest BCUT2D eigenvalue weighted by atomic mass is 35.5. The second-order valence-electron chi connectivity index (χ2n) is 2.96. The van der Waals surface area contributed by atoms with Crippen molar-refractivity contribution in [2.24, 2.45) is 0 Å². The van der Waals surface area contributed by atoms with Crippen LogP contribution in [-0.2, 0) is 16.6 Å². The summed E-state index contributed by atoms with van der Waals surface area (Å²) in [5.74, 6) is 0. The number of hydrogen-bond acceptors (Lipinski definition) is 4. The average molecular weight is 294 g/mol. The molecule has 3 nitrogen and oxygen atoms in total. The van der Waals surface area contributed by atoms with E-state index in [9.17, 15) is 8.42 Å². The summed E-state index contributed by atoms with van der Waals surface area (Å²) >= 11 is 8.32. The molecule has 0 aliphatic rings. The Kier molecular flexibility index (Phi) is 3.66. The monoisotopic (exact) mass is 293 g/mol. The highest BCUT2D eigenvalue weighted by molar-refractivity contribution is 7.91. The summed E-state index contributed by atoms with van der Waals surface area (Å²) in [6, 6.07) is 6.85. The minimum absolute atomic E-state index is 0.275. The van der Waals surface area contributed by atoms with Gasteiger partial charge in [0.25, 0.3) is 0 Å². The summed E-state index contributed by atoms with van der Waals surface area (Å²) in [5, 5.41) is 1.73. The van der Waals surface area contributed by atoms with Gasteiger partial charge in [0.2, 0.25) is 10.0 Å². The van der Waals surface area contributed by atoms with Gasteiger partial charge in [-0.15, -0.1) is 22.7 Å². The predicted octanol–water partition coefficient (Wildman–Crippen LogP) is 2.94. The molecule has 2 heterocycles. The Morgan fingerprint density at radius 2 is 2.12 bits per heavy atom. The van der Waals surface area contributed by atoms with Gasteiger partial charge in [-0.2, -0.15) is 0 Å². The van der Waals surface area contributed by atoms with Crippen molar-refractivity contribution in [3.8, 4) is 0 Å². The van der Waals surface area contributed by atoms with Crippen molar-refractivity contribution in [1.29, 1.82) is 0 Å². The first-order valence-electron chi connectivity index (χ1n) is 4.35. The van der Waals surface area contributed by atoms with Crippen molar-refractivity contribution in [2.75, 3.05) is 0 Å². The van der Waals surface area contributed by atoms with Crippen LogP contribution < -0.4 is 4.72 Å². The molecule has 0 spiro atoms. The number of halogens is 1. The third-order valence-corrected chi connectivity index (χ3v) is 5.86. The summed E-state index contributed by atoms with van der Waals surface area (Å²) in [6.45, 7) is 0.275. The molecule has 0 atom stereocenters. The van der Waals surface area contributed by atoms with Crippen LogP contribution in [0.4, 0.5) is 0 Å². The van der Waals surface area contributed by atoms with Gasteiger partial charge in [0.05, 0.1) is 4.34 Å². The maximum absolute atomic E-state index is 11.7. The Morgan fingerprint density at radius 3 is 2.69 bits per heavy atom. The zero-order valence-electron chi connectivity index (χ0n) is 8.01. The number of sulfonamides is 1. The molecule has 1 N–H and O–H groups in total. The molecule has 0 amide bonds. The van der Waals surface area contributed by atoms with E-state index >= 15 is 0 Å². The molecule has 2 rings (SSSR count). The van der Waals surface area contributed by atoms with Crippen LogP contribution in [0.3, 0.4) is 0 Å². The zero-order valence-corrected chi connectivity index (χ0v) is 11.2. The van der Waals surface area contributed by atoms with E-state index in [1.54, 1.807) is 23.6 Å². The molecule has 0 fully saturated rings. The van der Waals surface area contributed by atoms with E-state index in [4.69, 9.17) is 11.6 Å². The minimum Gasteiger partial charge on any atom is -0.206 e. The molecule has 7 heteroatoms. The van der Waals surface area contributed by atoms with Crippen LogP contribution in [0.15, 0.2) is 33.9 Å². The van der Waals surface area contributed by atoms with E-state index in [0.717, 1.165) is 4.88 Å². The molecular formula is C9H8ClNO2S3. The minimum atomic E-state index is -3.37. The van der Waals surface area contributed by atoms with Crippen molar-refractivity contribution in [2.45, 2.75) is 10.8 Å². The van der Waals surface area contributed by atoms with E-state index in [-0.39, 0.29) is 6.54 Å². The number of hydrogen-bond donors (Lipinski definition) is 1. The maximum atomic E-state index is 11.7. The van der Waals surface area contributed by atoms with Gasteiger partial charge in [-0.3, -0.25) is 0 Å². The summed E-state index contributed by atoms with van der Waals surface area (Å²) < 4.78 is 27.0. The van der Waals surface area contributed by atoms with Gasteiger partial charge in [-0.1, -0.05) is 17.7 Å². The quantitative estimate of drug-likeness (QED) is 0.942. The lowest BCUT2D eigenvalue weighted by atomic mass is 10.5. The third kappa shape index (κ3) is 2.83. The van der Waals surface area contributed by atoms with Gasteiger partial charge in [0.1, 0.15) is 4.21 Å². The molecule has 0 unspecified atom stereocenters. The number of thiophene rings is 2. The maximum Gasteiger partial charge on any atom is 0.250 e. The molecule has 0 aliphatic carbocycles. The molecule has 0 saturated heterocycles. The smallest absolute Gasteiger partial charge is 0.206 e. The summed E-state index contributed by atoms with van der Waals surface area (Å²) in [7, 11) is -3.37. The van der Waals surface area contributed by atoms with Crippen LogP contribution in [-0.4, -0.2) is 8.42 Å². The molecule has 0 radical (unpaired) electrons.